The van der Waals surface area contributed by atoms with Crippen LogP contribution in [-0.2, 0) is 109 Å². The number of hydrogen-bond acceptors (Lipinski definition) is 0. The summed E-state index contributed by atoms with van der Waals surface area (Å²) in [5.74, 6) is 0. The molecule has 0 aromatic rings. The van der Waals surface area contributed by atoms with E-state index < -0.39 is 0 Å². The summed E-state index contributed by atoms with van der Waals surface area (Å²) < 4.78 is 0. The fourth-order valence-electron chi connectivity index (χ4n) is 0. The van der Waals surface area contributed by atoms with Gasteiger partial charge in [0.1, 0.15) is 0 Å². The molecule has 0 N–H and O–H groups in total. The fourth-order valence-corrected chi connectivity index (χ4v) is 0. The van der Waals surface area contributed by atoms with E-state index in [9.17, 15) is 0 Å². The van der Waals surface area contributed by atoms with E-state index in [4.69, 9.17) is 0 Å². The monoisotopic (exact) mass is 751 g/mol. The molecule has 0 atom stereocenters. The van der Waals surface area contributed by atoms with Crippen molar-refractivity contribution in [3.05, 3.63) is 0 Å². The Morgan fingerprint density at radius 1 is 1.17 bits per heavy atom. The van der Waals surface area contributed by atoms with Gasteiger partial charge in [-0.3, -0.25) is 0 Å². The molecule has 0 spiro atoms. The summed E-state index contributed by atoms with van der Waals surface area (Å²) in [5, 5.41) is 0. The van der Waals surface area contributed by atoms with Crippen LogP contribution in [0.15, 0.2) is 0 Å². The van der Waals surface area contributed by atoms with Gasteiger partial charge in [0, 0.05) is 76.4 Å². The molecule has 0 aliphatic rings. The predicted molar refractivity (Wildman–Crippen MR) is 0 cm³/mol. The first-order valence-electron chi connectivity index (χ1n) is 0.118. The van der Waals surface area contributed by atoms with E-state index in [1.807, 2.05) is 32.2 Å². The Kier molecular flexibility index (Phi) is 208. The van der Waals surface area contributed by atoms with Crippen molar-refractivity contribution in [3.8, 4) is 0 Å². The summed E-state index contributed by atoms with van der Waals surface area (Å²) in [6.45, 7) is 0. The number of rotatable bonds is 0. The molecule has 6 heavy (non-hydrogen) atoms. The molecule has 0 aromatic carbocycles. The molecule has 6 heteroatoms. The smallest absolute Gasteiger partial charge is 0 e. The van der Waals surface area contributed by atoms with Crippen LogP contribution in [0.3, 0.4) is 0 Å². The third-order valence-corrected chi connectivity index (χ3v) is 0. The molecule has 51 valence electrons. The van der Waals surface area contributed by atoms with Crippen LogP contribution in [0.4, 0.5) is 0 Å². The van der Waals surface area contributed by atoms with Crippen molar-refractivity contribution in [2.45, 2.75) is 0 Å². The molecule has 0 aromatic heterocycles. The first-order valence-corrected chi connectivity index (χ1v) is 7.90. The second-order valence-corrected chi connectivity index (χ2v) is 0. The summed E-state index contributed by atoms with van der Waals surface area (Å²) in [7, 11) is 0. The van der Waals surface area contributed by atoms with Crippen molar-refractivity contribution in [2.75, 3.05) is 0 Å². The van der Waals surface area contributed by atoms with Crippen LogP contribution in [0.25, 0.3) is 0 Å². The second-order valence-electron chi connectivity index (χ2n) is 0. The Morgan fingerprint density at radius 2 is 1.17 bits per heavy atom. The van der Waals surface area contributed by atoms with Crippen LogP contribution >= 0.6 is 0 Å². The van der Waals surface area contributed by atoms with Crippen molar-refractivity contribution in [1.29, 1.82) is 0 Å². The van der Waals surface area contributed by atoms with Crippen molar-refractivity contribution >= 4 is 0 Å². The number of hydrogen-bond donors (Lipinski definition) is 0. The normalized spacial score (nSPS) is 1.17. The first kappa shape index (κ1) is 33.2. The molecule has 0 unspecified atom stereocenters. The van der Waals surface area contributed by atoms with Gasteiger partial charge in [0.25, 0.3) is 0 Å². The topological polar surface area (TPSA) is 0 Å². The van der Waals surface area contributed by atoms with Gasteiger partial charge >= 0.3 is 32.2 Å². The van der Waals surface area contributed by atoms with Crippen LogP contribution in [0, 0.1) is 0 Å². The minimum absolute atomic E-state index is 0. The summed E-state index contributed by atoms with van der Waals surface area (Å²) in [6, 6.07) is 0. The molecule has 0 aliphatic carbocycles. The van der Waals surface area contributed by atoms with Gasteiger partial charge in [-0.15, -0.1) is 0 Å². The molecule has 0 amide bonds. The van der Waals surface area contributed by atoms with E-state index in [2.05, 4.69) is 0 Å². The van der Waals surface area contributed by atoms with Gasteiger partial charge in [0.05, 0.1) is 0 Å². The maximum absolute atomic E-state index is 2.03. The molecular weight excluding hydrogens is 748 g/mol. The van der Waals surface area contributed by atoms with Crippen molar-refractivity contribution in [3.63, 3.8) is 0 Å². The third-order valence-electron chi connectivity index (χ3n) is 0. The maximum Gasteiger partial charge on any atom is 0 e. The van der Waals surface area contributed by atoms with Gasteiger partial charge in [-0.1, -0.05) is 0 Å². The molecule has 0 saturated carbocycles. The molecule has 0 nitrogen and oxygen atoms in total. The van der Waals surface area contributed by atoms with Gasteiger partial charge in [-0.05, 0) is 0 Å². The molecule has 0 bridgehead atoms. The fraction of sp³-hybridized carbons (Fsp3) is 0. The Morgan fingerprint density at radius 3 is 1.17 bits per heavy atom. The molecule has 0 aliphatic heterocycles. The quantitative estimate of drug-likeness (QED) is 0.307. The van der Waals surface area contributed by atoms with E-state index in [1.54, 1.807) is 0 Å². The van der Waals surface area contributed by atoms with Crippen LogP contribution < -0.4 is 0 Å². The zero-order valence-corrected chi connectivity index (χ0v) is 13.1. The van der Waals surface area contributed by atoms with Crippen molar-refractivity contribution in [1.82, 2.24) is 0 Å². The zero-order chi connectivity index (χ0) is 2.00. The SMILES string of the molecule is [Mn].[Os][Ir].[Pd].[Rh].[Ru]. The first-order chi connectivity index (χ1) is 1.00. The molecule has 0 fully saturated rings. The minimum atomic E-state index is 0. The second kappa shape index (κ2) is 37.6. The predicted octanol–water partition coefficient (Wildman–Crippen LogP) is -0.0150. The Bertz CT molecular complexity index is 15.5. The summed E-state index contributed by atoms with van der Waals surface area (Å²) in [5.41, 5.74) is 0. The Labute approximate surface area is 106 Å². The zero-order valence-electron chi connectivity index (χ0n) is 2.07. The molecule has 0 rings (SSSR count). The van der Waals surface area contributed by atoms with Gasteiger partial charge in [-0.2, -0.15) is 0 Å². The molecule has 0 saturated heterocycles. The minimum Gasteiger partial charge on any atom is 0 e. The average Bonchev–Trinajstić information content (AvgIpc) is 1.00. The van der Waals surface area contributed by atoms with Gasteiger partial charge < -0.3 is 0 Å². The van der Waals surface area contributed by atoms with Crippen LogP contribution in [0.5, 0.6) is 0 Å². The Hall–Kier alpha value is 3.71. The van der Waals surface area contributed by atoms with Gasteiger partial charge in [0.2, 0.25) is 0 Å². The van der Waals surface area contributed by atoms with Gasteiger partial charge in [0.15, 0.2) is 0 Å². The van der Waals surface area contributed by atoms with E-state index in [-0.39, 0.29) is 76.4 Å². The molecule has 2 radical (unpaired) electrons. The third kappa shape index (κ3) is 25.2. The molecular formula is IrMnOsPdRhRu. The van der Waals surface area contributed by atoms with Crippen molar-refractivity contribution in [2.24, 2.45) is 0 Å². The van der Waals surface area contributed by atoms with Gasteiger partial charge in [-0.25, -0.2) is 0 Å². The van der Waals surface area contributed by atoms with E-state index in [0.29, 0.717) is 0 Å². The standard InChI is InChI=1S/Ir.Mn.Os.Pd.Rh.Ru. The van der Waals surface area contributed by atoms with Crippen molar-refractivity contribution < 1.29 is 109 Å². The average molecular weight is 748 g/mol. The van der Waals surface area contributed by atoms with Crippen LogP contribution in [-0.4, -0.2) is 0 Å². The maximum atomic E-state index is 2.03. The van der Waals surface area contributed by atoms with E-state index >= 15 is 0 Å². The van der Waals surface area contributed by atoms with Crippen LogP contribution in [0.2, 0.25) is 0 Å². The summed E-state index contributed by atoms with van der Waals surface area (Å²) in [6.07, 6.45) is 0. The van der Waals surface area contributed by atoms with E-state index in [0.717, 1.165) is 0 Å². The van der Waals surface area contributed by atoms with Crippen LogP contribution in [0.1, 0.15) is 0 Å². The van der Waals surface area contributed by atoms with E-state index in [1.165, 1.54) is 0 Å². The molecule has 0 heterocycles. The summed E-state index contributed by atoms with van der Waals surface area (Å²) in [4.78, 5) is 0. The largest absolute Gasteiger partial charge is 0 e. The summed E-state index contributed by atoms with van der Waals surface area (Å²) >= 11 is 3.89. The Balaban J connectivity index is -0.000000000833.